The molecule has 1 amide bonds. The second kappa shape index (κ2) is 8.71. The number of methoxy groups -OCH3 is 1. The molecule has 2 N–H and O–H groups in total. The van der Waals surface area contributed by atoms with Gasteiger partial charge in [-0.3, -0.25) is 4.79 Å². The summed E-state index contributed by atoms with van der Waals surface area (Å²) < 4.78 is 11.3. The van der Waals surface area contributed by atoms with E-state index in [4.69, 9.17) is 9.47 Å². The van der Waals surface area contributed by atoms with Crippen LogP contribution in [-0.2, 0) is 16.2 Å². The Bertz CT molecular complexity index is 828. The monoisotopic (exact) mass is 355 g/mol. The molecule has 2 aromatic carbocycles. The molecule has 136 valence electrons. The predicted molar refractivity (Wildman–Crippen MR) is 97.9 cm³/mol. The van der Waals surface area contributed by atoms with Crippen LogP contribution in [0, 0.1) is 6.92 Å². The van der Waals surface area contributed by atoms with Crippen molar-refractivity contribution in [3.05, 3.63) is 64.9 Å². The van der Waals surface area contributed by atoms with E-state index in [0.29, 0.717) is 23.7 Å². The molecule has 0 aromatic heterocycles. The molecule has 0 radical (unpaired) electrons. The van der Waals surface area contributed by atoms with E-state index in [1.165, 1.54) is 20.1 Å². The minimum atomic E-state index is -1.22. The third kappa shape index (κ3) is 5.11. The Labute approximate surface area is 152 Å². The van der Waals surface area contributed by atoms with E-state index in [2.05, 4.69) is 5.32 Å². The molecule has 6 nitrogen and oxygen atoms in total. The van der Waals surface area contributed by atoms with Crippen molar-refractivity contribution in [1.29, 1.82) is 0 Å². The maximum absolute atomic E-state index is 11.3. The number of ether oxygens (including phenoxy) is 2. The highest BCUT2D eigenvalue weighted by molar-refractivity contribution is 5.96. The normalized spacial score (nSPS) is 11.0. The van der Waals surface area contributed by atoms with Crippen LogP contribution in [0.3, 0.4) is 0 Å². The van der Waals surface area contributed by atoms with Gasteiger partial charge in [0.1, 0.15) is 12.3 Å². The molecular formula is C20H21NO5. The topological polar surface area (TPSA) is 84.9 Å². The lowest BCUT2D eigenvalue weighted by Crippen LogP contribution is -2.24. The number of carboxylic acids is 1. The molecule has 0 saturated heterocycles. The molecule has 2 rings (SSSR count). The van der Waals surface area contributed by atoms with Gasteiger partial charge in [0, 0.05) is 6.92 Å². The Morgan fingerprint density at radius 1 is 1.19 bits per heavy atom. The number of carboxylic acid groups (broad SMARTS) is 1. The van der Waals surface area contributed by atoms with Crippen molar-refractivity contribution in [2.45, 2.75) is 20.5 Å². The first-order chi connectivity index (χ1) is 12.4. The molecule has 2 aromatic rings. The number of aryl methyl sites for hydroxylation is 1. The van der Waals surface area contributed by atoms with Gasteiger partial charge in [-0.15, -0.1) is 0 Å². The van der Waals surface area contributed by atoms with E-state index in [9.17, 15) is 14.7 Å². The van der Waals surface area contributed by atoms with Gasteiger partial charge in [0.25, 0.3) is 0 Å². The fourth-order valence-corrected chi connectivity index (χ4v) is 2.43. The van der Waals surface area contributed by atoms with Gasteiger partial charge < -0.3 is 19.9 Å². The molecular weight excluding hydrogens is 334 g/mol. The quantitative estimate of drug-likeness (QED) is 0.745. The van der Waals surface area contributed by atoms with Crippen LogP contribution in [-0.4, -0.2) is 24.1 Å². The lowest BCUT2D eigenvalue weighted by molar-refractivity contribution is -0.134. The van der Waals surface area contributed by atoms with Crippen LogP contribution >= 0.6 is 0 Å². The summed E-state index contributed by atoms with van der Waals surface area (Å²) in [7, 11) is 1.52. The zero-order valence-electron chi connectivity index (χ0n) is 14.9. The third-order valence-electron chi connectivity index (χ3n) is 3.56. The second-order valence-electron chi connectivity index (χ2n) is 5.69. The molecule has 6 heteroatoms. The first kappa shape index (κ1) is 19.1. The summed E-state index contributed by atoms with van der Waals surface area (Å²) in [6.45, 7) is 3.49. The molecule has 0 aliphatic rings. The average Bonchev–Trinajstić information content (AvgIpc) is 2.60. The summed E-state index contributed by atoms with van der Waals surface area (Å²) in [5.41, 5.74) is 2.19. The molecule has 0 saturated carbocycles. The van der Waals surface area contributed by atoms with Crippen molar-refractivity contribution >= 4 is 18.0 Å². The van der Waals surface area contributed by atoms with Gasteiger partial charge in [-0.25, -0.2) is 4.79 Å². The zero-order valence-corrected chi connectivity index (χ0v) is 14.9. The molecule has 0 aliphatic heterocycles. The predicted octanol–water partition coefficient (Wildman–Crippen LogP) is 3.14. The number of hydrogen-bond donors (Lipinski definition) is 2. The summed E-state index contributed by atoms with van der Waals surface area (Å²) in [6.07, 6.45) is 1.38. The Morgan fingerprint density at radius 2 is 1.88 bits per heavy atom. The lowest BCUT2D eigenvalue weighted by atomic mass is 10.1. The molecule has 26 heavy (non-hydrogen) atoms. The van der Waals surface area contributed by atoms with E-state index in [0.717, 1.165) is 11.1 Å². The van der Waals surface area contributed by atoms with E-state index >= 15 is 0 Å². The number of benzene rings is 2. The van der Waals surface area contributed by atoms with Gasteiger partial charge >= 0.3 is 5.97 Å². The van der Waals surface area contributed by atoms with Gasteiger partial charge in [-0.05, 0) is 41.8 Å². The second-order valence-corrected chi connectivity index (χ2v) is 5.69. The number of nitrogens with one attached hydrogen (secondary N) is 1. The van der Waals surface area contributed by atoms with Crippen LogP contribution in [0.4, 0.5) is 0 Å². The highest BCUT2D eigenvalue weighted by Gasteiger charge is 2.13. The first-order valence-electron chi connectivity index (χ1n) is 7.98. The number of aliphatic carboxylic acids is 1. The molecule has 0 heterocycles. The van der Waals surface area contributed by atoms with Gasteiger partial charge in [0.15, 0.2) is 11.5 Å². The van der Waals surface area contributed by atoms with Gasteiger partial charge in [0.05, 0.1) is 7.11 Å². The molecule has 0 spiro atoms. The molecule has 0 atom stereocenters. The van der Waals surface area contributed by atoms with E-state index in [1.54, 1.807) is 12.1 Å². The van der Waals surface area contributed by atoms with Gasteiger partial charge in [-0.2, -0.15) is 0 Å². The molecule has 0 aliphatic carbocycles. The summed E-state index contributed by atoms with van der Waals surface area (Å²) in [5, 5.41) is 11.5. The fraction of sp³-hybridized carbons (Fsp3) is 0.200. The largest absolute Gasteiger partial charge is 0.493 e. The summed E-state index contributed by atoms with van der Waals surface area (Å²) >= 11 is 0. The highest BCUT2D eigenvalue weighted by Crippen LogP contribution is 2.33. The molecule has 0 unspecified atom stereocenters. The third-order valence-corrected chi connectivity index (χ3v) is 3.56. The lowest BCUT2D eigenvalue weighted by Gasteiger charge is -2.15. The van der Waals surface area contributed by atoms with E-state index in [-0.39, 0.29) is 5.70 Å². The van der Waals surface area contributed by atoms with Gasteiger partial charge in [-0.1, -0.05) is 30.3 Å². The molecule has 0 fully saturated rings. The van der Waals surface area contributed by atoms with Crippen molar-refractivity contribution in [3.63, 3.8) is 0 Å². The molecule has 0 bridgehead atoms. The zero-order chi connectivity index (χ0) is 19.1. The maximum Gasteiger partial charge on any atom is 0.352 e. The fourth-order valence-electron chi connectivity index (χ4n) is 2.43. The minimum Gasteiger partial charge on any atom is -0.493 e. The Kier molecular flexibility index (Phi) is 6.38. The SMILES string of the molecule is COc1cc(/C=C(/NC(C)=O)C(=O)O)cc(C)c1OCc1ccccc1. The Balaban J connectivity index is 2.30. The van der Waals surface area contributed by atoms with Crippen molar-refractivity contribution < 1.29 is 24.2 Å². The minimum absolute atomic E-state index is 0.211. The smallest absolute Gasteiger partial charge is 0.352 e. The van der Waals surface area contributed by atoms with E-state index < -0.39 is 11.9 Å². The van der Waals surface area contributed by atoms with Crippen molar-refractivity contribution in [3.8, 4) is 11.5 Å². The average molecular weight is 355 g/mol. The van der Waals surface area contributed by atoms with Crippen LogP contribution in [0.25, 0.3) is 6.08 Å². The van der Waals surface area contributed by atoms with E-state index in [1.807, 2.05) is 37.3 Å². The Morgan fingerprint density at radius 3 is 2.46 bits per heavy atom. The van der Waals surface area contributed by atoms with Crippen molar-refractivity contribution in [2.24, 2.45) is 0 Å². The number of hydrogen-bond acceptors (Lipinski definition) is 4. The van der Waals surface area contributed by atoms with Crippen LogP contribution < -0.4 is 14.8 Å². The van der Waals surface area contributed by atoms with Crippen LogP contribution in [0.2, 0.25) is 0 Å². The summed E-state index contributed by atoms with van der Waals surface area (Å²) in [5.74, 6) is -0.601. The summed E-state index contributed by atoms with van der Waals surface area (Å²) in [6, 6.07) is 13.2. The Hall–Kier alpha value is -3.28. The van der Waals surface area contributed by atoms with Gasteiger partial charge in [0.2, 0.25) is 5.91 Å². The number of carbonyl (C=O) groups is 2. The van der Waals surface area contributed by atoms with Crippen molar-refractivity contribution in [1.82, 2.24) is 5.32 Å². The van der Waals surface area contributed by atoms with Crippen LogP contribution in [0.15, 0.2) is 48.2 Å². The number of amides is 1. The van der Waals surface area contributed by atoms with Crippen LogP contribution in [0.5, 0.6) is 11.5 Å². The first-order valence-corrected chi connectivity index (χ1v) is 7.98. The number of carbonyl (C=O) groups excluding carboxylic acids is 1. The standard InChI is InChI=1S/C20H21NO5/c1-13-9-16(10-17(20(23)24)21-14(2)22)11-18(25-3)19(13)26-12-15-7-5-4-6-8-15/h4-11H,12H2,1-3H3,(H,21,22)(H,23,24)/b17-10+. The van der Waals surface area contributed by atoms with Crippen molar-refractivity contribution in [2.75, 3.05) is 7.11 Å². The van der Waals surface area contributed by atoms with Crippen LogP contribution in [0.1, 0.15) is 23.6 Å². The maximum atomic E-state index is 11.3. The summed E-state index contributed by atoms with van der Waals surface area (Å²) in [4.78, 5) is 22.4. The highest BCUT2D eigenvalue weighted by atomic mass is 16.5. The number of rotatable bonds is 7.